The predicted octanol–water partition coefficient (Wildman–Crippen LogP) is 2.66. The summed E-state index contributed by atoms with van der Waals surface area (Å²) in [4.78, 5) is 10.9. The number of nitrogens with zero attached hydrogens (tertiary/aromatic N) is 4. The third-order valence-corrected chi connectivity index (χ3v) is 4.19. The van der Waals surface area contributed by atoms with E-state index in [1.165, 1.54) is 0 Å². The van der Waals surface area contributed by atoms with Crippen LogP contribution in [-0.2, 0) is 6.42 Å². The van der Waals surface area contributed by atoms with E-state index in [2.05, 4.69) is 25.3 Å². The Morgan fingerprint density at radius 2 is 2.04 bits per heavy atom. The summed E-state index contributed by atoms with van der Waals surface area (Å²) in [5, 5.41) is 7.17. The Morgan fingerprint density at radius 1 is 1.31 bits per heavy atom. The molecule has 0 atom stereocenters. The summed E-state index contributed by atoms with van der Waals surface area (Å²) in [6.07, 6.45) is 2.92. The summed E-state index contributed by atoms with van der Waals surface area (Å²) in [5.41, 5.74) is 0. The first-order valence-electron chi connectivity index (χ1n) is 8.71. The molecule has 1 aromatic carbocycles. The molecule has 26 heavy (non-hydrogen) atoms. The van der Waals surface area contributed by atoms with Crippen molar-refractivity contribution in [3.63, 3.8) is 0 Å². The zero-order valence-corrected chi connectivity index (χ0v) is 17.6. The average Bonchev–Trinajstić information content (AvgIpc) is 3.06. The second-order valence-corrected chi connectivity index (χ2v) is 6.08. The number of para-hydroxylation sites is 1. The maximum absolute atomic E-state index is 6.04. The van der Waals surface area contributed by atoms with E-state index in [4.69, 9.17) is 9.26 Å². The van der Waals surface area contributed by atoms with Crippen molar-refractivity contribution in [2.45, 2.75) is 32.3 Å². The molecular formula is C18H26IN5O2. The van der Waals surface area contributed by atoms with Crippen molar-refractivity contribution in [3.8, 4) is 5.75 Å². The van der Waals surface area contributed by atoms with Crippen LogP contribution in [0.1, 0.15) is 24.6 Å². The molecule has 8 heteroatoms. The van der Waals surface area contributed by atoms with Gasteiger partial charge in [-0.2, -0.15) is 4.98 Å². The lowest BCUT2D eigenvalue weighted by Gasteiger charge is -2.34. The molecular weight excluding hydrogens is 445 g/mol. The zero-order valence-electron chi connectivity index (χ0n) is 15.2. The number of hydrogen-bond acceptors (Lipinski definition) is 5. The molecule has 0 aliphatic carbocycles. The normalized spacial score (nSPS) is 15.5. The van der Waals surface area contributed by atoms with Crippen molar-refractivity contribution in [3.05, 3.63) is 42.0 Å². The van der Waals surface area contributed by atoms with Crippen molar-refractivity contribution in [1.29, 1.82) is 0 Å². The molecule has 7 nitrogen and oxygen atoms in total. The number of halogens is 1. The quantitative estimate of drug-likeness (QED) is 0.411. The van der Waals surface area contributed by atoms with E-state index < -0.39 is 0 Å². The van der Waals surface area contributed by atoms with E-state index in [0.29, 0.717) is 18.1 Å². The smallest absolute Gasteiger partial charge is 0.228 e. The highest BCUT2D eigenvalue weighted by molar-refractivity contribution is 14.0. The van der Waals surface area contributed by atoms with Crippen LogP contribution in [0, 0.1) is 6.92 Å². The van der Waals surface area contributed by atoms with Crippen LogP contribution in [0.15, 0.2) is 39.8 Å². The van der Waals surface area contributed by atoms with Gasteiger partial charge in [0, 0.05) is 45.9 Å². The number of rotatable bonds is 5. The van der Waals surface area contributed by atoms with Crippen LogP contribution in [0.3, 0.4) is 0 Å². The number of benzene rings is 1. The number of piperidine rings is 1. The van der Waals surface area contributed by atoms with Crippen LogP contribution in [0.2, 0.25) is 0 Å². The molecule has 0 amide bonds. The maximum atomic E-state index is 6.04. The summed E-state index contributed by atoms with van der Waals surface area (Å²) in [6.45, 7) is 4.39. The monoisotopic (exact) mass is 471 g/mol. The van der Waals surface area contributed by atoms with E-state index in [9.17, 15) is 0 Å². The fourth-order valence-corrected chi connectivity index (χ4v) is 2.93. The third-order valence-electron chi connectivity index (χ3n) is 4.19. The van der Waals surface area contributed by atoms with E-state index in [0.717, 1.165) is 44.2 Å². The molecule has 3 rings (SSSR count). The number of nitrogens with one attached hydrogen (secondary N) is 1. The predicted molar refractivity (Wildman–Crippen MR) is 111 cm³/mol. The molecule has 142 valence electrons. The Kier molecular flexibility index (Phi) is 8.14. The minimum Gasteiger partial charge on any atom is -0.490 e. The molecule has 0 bridgehead atoms. The van der Waals surface area contributed by atoms with Gasteiger partial charge in [-0.3, -0.25) is 4.99 Å². The zero-order chi connectivity index (χ0) is 17.5. The Hall–Kier alpha value is -1.84. The molecule has 0 radical (unpaired) electrons. The van der Waals surface area contributed by atoms with Crippen LogP contribution in [0.25, 0.3) is 0 Å². The summed E-state index contributed by atoms with van der Waals surface area (Å²) in [5.74, 6) is 3.17. The molecule has 1 aromatic heterocycles. The lowest BCUT2D eigenvalue weighted by Crippen LogP contribution is -2.47. The number of aryl methyl sites for hydroxylation is 1. The van der Waals surface area contributed by atoms with Gasteiger partial charge in [0.2, 0.25) is 5.89 Å². The van der Waals surface area contributed by atoms with Gasteiger partial charge in [0.05, 0.1) is 0 Å². The molecule has 2 heterocycles. The number of likely N-dealkylation sites (tertiary alicyclic amines) is 1. The van der Waals surface area contributed by atoms with Crippen LogP contribution >= 0.6 is 24.0 Å². The van der Waals surface area contributed by atoms with Gasteiger partial charge in [0.15, 0.2) is 11.8 Å². The number of aromatic nitrogens is 2. The standard InChI is InChI=1S/C18H25N5O2.HI/c1-14-21-17(25-22-14)8-11-20-18(19-2)23-12-9-16(10-13-23)24-15-6-4-3-5-7-15;/h3-7,16H,8-13H2,1-2H3,(H,19,20);1H. The molecule has 2 aromatic rings. The van der Waals surface area contributed by atoms with Crippen LogP contribution < -0.4 is 10.1 Å². The van der Waals surface area contributed by atoms with Gasteiger partial charge in [-0.25, -0.2) is 0 Å². The largest absolute Gasteiger partial charge is 0.490 e. The Morgan fingerprint density at radius 3 is 2.65 bits per heavy atom. The van der Waals surface area contributed by atoms with Gasteiger partial charge in [-0.05, 0) is 19.1 Å². The number of ether oxygens (including phenoxy) is 1. The minimum absolute atomic E-state index is 0. The summed E-state index contributed by atoms with van der Waals surface area (Å²) in [7, 11) is 1.81. The summed E-state index contributed by atoms with van der Waals surface area (Å²) < 4.78 is 11.2. The van der Waals surface area contributed by atoms with Crippen molar-refractivity contribution >= 4 is 29.9 Å². The Balaban J connectivity index is 0.00000243. The van der Waals surface area contributed by atoms with E-state index in [1.807, 2.05) is 44.3 Å². The molecule has 1 saturated heterocycles. The fraction of sp³-hybridized carbons (Fsp3) is 0.500. The number of aliphatic imine (C=N–C) groups is 1. The van der Waals surface area contributed by atoms with Crippen LogP contribution in [-0.4, -0.2) is 53.8 Å². The maximum Gasteiger partial charge on any atom is 0.228 e. The van der Waals surface area contributed by atoms with Gasteiger partial charge in [-0.1, -0.05) is 23.4 Å². The van der Waals surface area contributed by atoms with E-state index >= 15 is 0 Å². The highest BCUT2D eigenvalue weighted by Crippen LogP contribution is 2.18. The first-order valence-corrected chi connectivity index (χ1v) is 8.71. The van der Waals surface area contributed by atoms with Gasteiger partial charge < -0.3 is 19.5 Å². The highest BCUT2D eigenvalue weighted by atomic mass is 127. The molecule has 1 aliphatic heterocycles. The summed E-state index contributed by atoms with van der Waals surface area (Å²) in [6, 6.07) is 10.0. The number of guanidine groups is 1. The third kappa shape index (κ3) is 5.86. The van der Waals surface area contributed by atoms with Crippen molar-refractivity contribution in [2.24, 2.45) is 4.99 Å². The molecule has 0 unspecified atom stereocenters. The van der Waals surface area contributed by atoms with E-state index in [1.54, 1.807) is 0 Å². The molecule has 1 N–H and O–H groups in total. The first-order chi connectivity index (χ1) is 12.2. The van der Waals surface area contributed by atoms with Gasteiger partial charge in [-0.15, -0.1) is 24.0 Å². The molecule has 1 fully saturated rings. The van der Waals surface area contributed by atoms with Crippen LogP contribution in [0.4, 0.5) is 0 Å². The highest BCUT2D eigenvalue weighted by Gasteiger charge is 2.22. The van der Waals surface area contributed by atoms with Gasteiger partial charge in [0.1, 0.15) is 11.9 Å². The molecule has 0 spiro atoms. The van der Waals surface area contributed by atoms with Gasteiger partial charge >= 0.3 is 0 Å². The lowest BCUT2D eigenvalue weighted by molar-refractivity contribution is 0.129. The SMILES string of the molecule is CN=C(NCCc1nc(C)no1)N1CCC(Oc2ccccc2)CC1.I. The second-order valence-electron chi connectivity index (χ2n) is 6.08. The number of hydrogen-bond donors (Lipinski definition) is 1. The fourth-order valence-electron chi connectivity index (χ4n) is 2.93. The van der Waals surface area contributed by atoms with Crippen LogP contribution in [0.5, 0.6) is 5.75 Å². The first kappa shape index (κ1) is 20.5. The molecule has 1 aliphatic rings. The second kappa shape index (κ2) is 10.3. The minimum atomic E-state index is 0. The average molecular weight is 471 g/mol. The van der Waals surface area contributed by atoms with Crippen molar-refractivity contribution < 1.29 is 9.26 Å². The van der Waals surface area contributed by atoms with Gasteiger partial charge in [0.25, 0.3) is 0 Å². The Bertz CT molecular complexity index is 684. The Labute approximate surface area is 171 Å². The molecule has 0 saturated carbocycles. The topological polar surface area (TPSA) is 75.8 Å². The van der Waals surface area contributed by atoms with Crippen molar-refractivity contribution in [2.75, 3.05) is 26.7 Å². The van der Waals surface area contributed by atoms with Crippen molar-refractivity contribution in [1.82, 2.24) is 20.4 Å². The lowest BCUT2D eigenvalue weighted by atomic mass is 10.1. The summed E-state index contributed by atoms with van der Waals surface area (Å²) >= 11 is 0. The van der Waals surface area contributed by atoms with E-state index in [-0.39, 0.29) is 30.1 Å².